The van der Waals surface area contributed by atoms with Gasteiger partial charge in [0, 0.05) is 29.7 Å². The summed E-state index contributed by atoms with van der Waals surface area (Å²) in [7, 11) is 0. The van der Waals surface area contributed by atoms with Crippen molar-refractivity contribution in [3.63, 3.8) is 0 Å². The Morgan fingerprint density at radius 2 is 2.11 bits per heavy atom. The van der Waals surface area contributed by atoms with E-state index in [1.165, 1.54) is 11.6 Å². The van der Waals surface area contributed by atoms with Gasteiger partial charge in [-0.25, -0.2) is 8.78 Å². The third-order valence-electron chi connectivity index (χ3n) is 3.43. The molecule has 0 radical (unpaired) electrons. The molecule has 1 unspecified atom stereocenters. The van der Waals surface area contributed by atoms with Crippen molar-refractivity contribution in [1.29, 1.82) is 0 Å². The van der Waals surface area contributed by atoms with E-state index in [4.69, 9.17) is 0 Å². The summed E-state index contributed by atoms with van der Waals surface area (Å²) in [6.45, 7) is 2.93. The highest BCUT2D eigenvalue weighted by atomic mass is 19.2. The first kappa shape index (κ1) is 11.4. The topological polar surface area (TPSA) is 27.8 Å². The molecule has 1 aromatic carbocycles. The lowest BCUT2D eigenvalue weighted by atomic mass is 9.96. The maximum atomic E-state index is 13.6. The molecule has 0 spiro atoms. The number of rotatable bonds is 1. The van der Waals surface area contributed by atoms with Crippen molar-refractivity contribution in [2.45, 2.75) is 19.4 Å². The minimum Gasteiger partial charge on any atom is -0.358 e. The standard InChI is InChI=1S/C14H14F2N2/c1-8-6-9(4-5-17-8)11-7-18-14-10(11)2-3-12(15)13(14)16/h2-4,7-8,17-18H,5-6H2,1H3. The van der Waals surface area contributed by atoms with Gasteiger partial charge < -0.3 is 10.3 Å². The largest absolute Gasteiger partial charge is 0.358 e. The molecule has 1 aliphatic rings. The van der Waals surface area contributed by atoms with Crippen LogP contribution in [0.15, 0.2) is 24.4 Å². The van der Waals surface area contributed by atoms with Crippen LogP contribution < -0.4 is 5.32 Å². The van der Waals surface area contributed by atoms with Gasteiger partial charge in [-0.2, -0.15) is 0 Å². The summed E-state index contributed by atoms with van der Waals surface area (Å²) in [4.78, 5) is 2.83. The Labute approximate surface area is 104 Å². The summed E-state index contributed by atoms with van der Waals surface area (Å²) in [5.41, 5.74) is 2.40. The molecule has 94 valence electrons. The summed E-state index contributed by atoms with van der Waals surface area (Å²) >= 11 is 0. The third kappa shape index (κ3) is 1.73. The number of hydrogen-bond donors (Lipinski definition) is 2. The SMILES string of the molecule is CC1CC(c2c[nH]c3c(F)c(F)ccc23)=CCN1. The van der Waals surface area contributed by atoms with Gasteiger partial charge in [0.2, 0.25) is 0 Å². The molecular weight excluding hydrogens is 234 g/mol. The van der Waals surface area contributed by atoms with Crippen LogP contribution in [0.25, 0.3) is 16.5 Å². The lowest BCUT2D eigenvalue weighted by Gasteiger charge is -2.20. The molecule has 0 aliphatic carbocycles. The van der Waals surface area contributed by atoms with E-state index >= 15 is 0 Å². The van der Waals surface area contributed by atoms with Gasteiger partial charge >= 0.3 is 0 Å². The van der Waals surface area contributed by atoms with Crippen LogP contribution in [0.3, 0.4) is 0 Å². The van der Waals surface area contributed by atoms with Crippen molar-refractivity contribution in [3.8, 4) is 0 Å². The van der Waals surface area contributed by atoms with E-state index in [0.29, 0.717) is 6.04 Å². The maximum Gasteiger partial charge on any atom is 0.182 e. The minimum atomic E-state index is -0.816. The van der Waals surface area contributed by atoms with Gasteiger partial charge in [-0.05, 0) is 31.1 Å². The molecule has 2 aromatic rings. The Balaban J connectivity index is 2.14. The first-order valence-corrected chi connectivity index (χ1v) is 6.04. The molecule has 0 fully saturated rings. The van der Waals surface area contributed by atoms with E-state index < -0.39 is 11.6 Å². The molecule has 0 saturated carbocycles. The van der Waals surface area contributed by atoms with Crippen LogP contribution in [0, 0.1) is 11.6 Å². The number of aromatic amines is 1. The molecule has 2 heterocycles. The van der Waals surface area contributed by atoms with Gasteiger partial charge in [0.05, 0.1) is 5.52 Å². The Kier molecular flexibility index (Phi) is 2.67. The Morgan fingerprint density at radius 3 is 2.89 bits per heavy atom. The second-order valence-electron chi connectivity index (χ2n) is 4.73. The fourth-order valence-corrected chi connectivity index (χ4v) is 2.49. The summed E-state index contributed by atoms with van der Waals surface area (Å²) in [6.07, 6.45) is 4.76. The highest BCUT2D eigenvalue weighted by molar-refractivity contribution is 5.93. The van der Waals surface area contributed by atoms with Crippen LogP contribution in [0.4, 0.5) is 8.78 Å². The zero-order valence-electron chi connectivity index (χ0n) is 10.1. The summed E-state index contributed by atoms with van der Waals surface area (Å²) in [6, 6.07) is 3.22. The molecule has 2 N–H and O–H groups in total. The van der Waals surface area contributed by atoms with E-state index in [-0.39, 0.29) is 5.52 Å². The third-order valence-corrected chi connectivity index (χ3v) is 3.43. The lowest BCUT2D eigenvalue weighted by Crippen LogP contribution is -2.29. The Hall–Kier alpha value is -1.68. The number of hydrogen-bond acceptors (Lipinski definition) is 1. The van der Waals surface area contributed by atoms with Crippen molar-refractivity contribution >= 4 is 16.5 Å². The quantitative estimate of drug-likeness (QED) is 0.796. The van der Waals surface area contributed by atoms with Crippen LogP contribution in [-0.4, -0.2) is 17.6 Å². The van der Waals surface area contributed by atoms with Crippen LogP contribution in [0.1, 0.15) is 18.9 Å². The van der Waals surface area contributed by atoms with Gasteiger partial charge in [-0.1, -0.05) is 6.08 Å². The lowest BCUT2D eigenvalue weighted by molar-refractivity contribution is 0.515. The first-order valence-electron chi connectivity index (χ1n) is 6.04. The number of H-pyrrole nitrogens is 1. The smallest absolute Gasteiger partial charge is 0.182 e. The molecule has 2 nitrogen and oxygen atoms in total. The van der Waals surface area contributed by atoms with E-state index in [2.05, 4.69) is 23.3 Å². The average molecular weight is 248 g/mol. The Morgan fingerprint density at radius 1 is 1.28 bits per heavy atom. The van der Waals surface area contributed by atoms with E-state index in [0.717, 1.165) is 23.9 Å². The molecule has 18 heavy (non-hydrogen) atoms. The molecule has 1 aromatic heterocycles. The second kappa shape index (κ2) is 4.21. The molecule has 1 aliphatic heterocycles. The van der Waals surface area contributed by atoms with Gasteiger partial charge in [0.25, 0.3) is 0 Å². The van der Waals surface area contributed by atoms with Gasteiger partial charge in [-0.3, -0.25) is 0 Å². The van der Waals surface area contributed by atoms with E-state index in [9.17, 15) is 8.78 Å². The fourth-order valence-electron chi connectivity index (χ4n) is 2.49. The number of aromatic nitrogens is 1. The van der Waals surface area contributed by atoms with Crippen LogP contribution in [0.2, 0.25) is 0 Å². The van der Waals surface area contributed by atoms with Gasteiger partial charge in [-0.15, -0.1) is 0 Å². The number of nitrogens with one attached hydrogen (secondary N) is 2. The summed E-state index contributed by atoms with van der Waals surface area (Å²) in [5, 5.41) is 4.07. The molecule has 3 rings (SSSR count). The highest BCUT2D eigenvalue weighted by Crippen LogP contribution is 2.31. The fraction of sp³-hybridized carbons (Fsp3) is 0.286. The van der Waals surface area contributed by atoms with Gasteiger partial charge in [0.15, 0.2) is 11.6 Å². The van der Waals surface area contributed by atoms with Crippen molar-refractivity contribution < 1.29 is 8.78 Å². The van der Waals surface area contributed by atoms with Gasteiger partial charge in [0.1, 0.15) is 0 Å². The number of benzene rings is 1. The van der Waals surface area contributed by atoms with Crippen molar-refractivity contribution in [1.82, 2.24) is 10.3 Å². The van der Waals surface area contributed by atoms with Crippen molar-refractivity contribution in [3.05, 3.63) is 41.6 Å². The second-order valence-corrected chi connectivity index (χ2v) is 4.73. The molecule has 4 heteroatoms. The number of fused-ring (bicyclic) bond motifs is 1. The zero-order valence-corrected chi connectivity index (χ0v) is 10.1. The maximum absolute atomic E-state index is 13.6. The summed E-state index contributed by atoms with van der Waals surface area (Å²) in [5.74, 6) is -1.62. The molecule has 0 amide bonds. The predicted octanol–water partition coefficient (Wildman–Crippen LogP) is 3.21. The first-order chi connectivity index (χ1) is 8.66. The van der Waals surface area contributed by atoms with Crippen molar-refractivity contribution in [2.24, 2.45) is 0 Å². The van der Waals surface area contributed by atoms with Crippen LogP contribution in [0.5, 0.6) is 0 Å². The molecule has 0 saturated heterocycles. The monoisotopic (exact) mass is 248 g/mol. The van der Waals surface area contributed by atoms with Crippen LogP contribution in [-0.2, 0) is 0 Å². The average Bonchev–Trinajstić information content (AvgIpc) is 2.78. The molecule has 1 atom stereocenters. The predicted molar refractivity (Wildman–Crippen MR) is 68.3 cm³/mol. The Bertz CT molecular complexity index is 628. The van der Waals surface area contributed by atoms with Crippen LogP contribution >= 0.6 is 0 Å². The summed E-state index contributed by atoms with van der Waals surface area (Å²) < 4.78 is 26.8. The molecule has 0 bridgehead atoms. The minimum absolute atomic E-state index is 0.247. The van der Waals surface area contributed by atoms with E-state index in [1.54, 1.807) is 12.3 Å². The zero-order chi connectivity index (χ0) is 12.7. The highest BCUT2D eigenvalue weighted by Gasteiger charge is 2.17. The normalized spacial score (nSPS) is 20.2. The van der Waals surface area contributed by atoms with E-state index in [1.807, 2.05) is 0 Å². The molecular formula is C14H14F2N2. The van der Waals surface area contributed by atoms with Crippen molar-refractivity contribution in [2.75, 3.05) is 6.54 Å². The number of halogens is 2.